The molecular formula is C26H29N5. The van der Waals surface area contributed by atoms with Crippen LogP contribution in [-0.4, -0.2) is 20.2 Å². The van der Waals surface area contributed by atoms with Crippen molar-refractivity contribution in [1.82, 2.24) is 20.2 Å². The summed E-state index contributed by atoms with van der Waals surface area (Å²) < 4.78 is 0. The quantitative estimate of drug-likeness (QED) is 0.435. The van der Waals surface area contributed by atoms with Crippen LogP contribution in [0.15, 0.2) is 60.8 Å². The Morgan fingerprint density at radius 2 is 1.71 bits per heavy atom. The summed E-state index contributed by atoms with van der Waals surface area (Å²) in [6, 6.07) is 19.4. The summed E-state index contributed by atoms with van der Waals surface area (Å²) in [6.45, 7) is 8.36. The number of rotatable bonds is 6. The molecule has 0 aliphatic rings. The molecule has 4 aromatic rings. The molecule has 0 bridgehead atoms. The fourth-order valence-corrected chi connectivity index (χ4v) is 4.03. The van der Waals surface area contributed by atoms with Crippen molar-refractivity contribution in [2.75, 3.05) is 5.73 Å². The Labute approximate surface area is 183 Å². The van der Waals surface area contributed by atoms with Crippen molar-refractivity contribution in [2.24, 2.45) is 0 Å². The van der Waals surface area contributed by atoms with Crippen LogP contribution in [0, 0.1) is 13.8 Å². The molecule has 0 aliphatic heterocycles. The van der Waals surface area contributed by atoms with Crippen LogP contribution >= 0.6 is 0 Å². The Morgan fingerprint density at radius 3 is 2.35 bits per heavy atom. The lowest BCUT2D eigenvalue weighted by Crippen LogP contribution is -2.10. The average Bonchev–Trinajstić information content (AvgIpc) is 3.17. The normalized spacial score (nSPS) is 12.3. The molecule has 0 radical (unpaired) electrons. The molecule has 158 valence electrons. The van der Waals surface area contributed by atoms with Gasteiger partial charge in [-0.25, -0.2) is 9.97 Å². The SMILES string of the molecule is Cc1nc(N)cc(C(Cc2ccc(C(C)C)cc2)c2cccc(-c3cn[nH]c3C)c2)n1. The second-order valence-corrected chi connectivity index (χ2v) is 8.45. The van der Waals surface area contributed by atoms with Gasteiger partial charge in [-0.15, -0.1) is 0 Å². The first-order valence-corrected chi connectivity index (χ1v) is 10.7. The number of nitrogens with two attached hydrogens (primary N) is 1. The van der Waals surface area contributed by atoms with Gasteiger partial charge in [0.25, 0.3) is 0 Å². The van der Waals surface area contributed by atoms with Crippen molar-refractivity contribution in [3.63, 3.8) is 0 Å². The van der Waals surface area contributed by atoms with Crippen LogP contribution in [0.3, 0.4) is 0 Å². The molecule has 0 aliphatic carbocycles. The second kappa shape index (κ2) is 8.72. The summed E-state index contributed by atoms with van der Waals surface area (Å²) >= 11 is 0. The first-order valence-electron chi connectivity index (χ1n) is 10.7. The van der Waals surface area contributed by atoms with E-state index in [0.29, 0.717) is 17.6 Å². The maximum atomic E-state index is 6.09. The highest BCUT2D eigenvalue weighted by molar-refractivity contribution is 5.66. The van der Waals surface area contributed by atoms with Crippen molar-refractivity contribution in [1.29, 1.82) is 0 Å². The summed E-state index contributed by atoms with van der Waals surface area (Å²) in [6.07, 6.45) is 2.71. The third-order valence-corrected chi connectivity index (χ3v) is 5.75. The molecule has 3 N–H and O–H groups in total. The predicted octanol–water partition coefficient (Wildman–Crippen LogP) is 5.56. The molecular weight excluding hydrogens is 382 g/mol. The highest BCUT2D eigenvalue weighted by atomic mass is 15.1. The number of nitrogens with one attached hydrogen (secondary N) is 1. The van der Waals surface area contributed by atoms with Gasteiger partial charge in [-0.2, -0.15) is 5.10 Å². The van der Waals surface area contributed by atoms with E-state index < -0.39 is 0 Å². The van der Waals surface area contributed by atoms with Crippen LogP contribution in [0.4, 0.5) is 5.82 Å². The van der Waals surface area contributed by atoms with Crippen LogP contribution in [0.25, 0.3) is 11.1 Å². The number of aryl methyl sites for hydroxylation is 2. The van der Waals surface area contributed by atoms with Crippen LogP contribution in [0.2, 0.25) is 0 Å². The van der Waals surface area contributed by atoms with E-state index in [9.17, 15) is 0 Å². The maximum absolute atomic E-state index is 6.09. The predicted molar refractivity (Wildman–Crippen MR) is 126 cm³/mol. The van der Waals surface area contributed by atoms with Crippen molar-refractivity contribution in [3.8, 4) is 11.1 Å². The van der Waals surface area contributed by atoms with Gasteiger partial charge < -0.3 is 5.73 Å². The summed E-state index contributed by atoms with van der Waals surface area (Å²) in [5.41, 5.74) is 14.2. The molecule has 4 rings (SSSR count). The minimum atomic E-state index is 0.0704. The number of anilines is 1. The number of aromatic amines is 1. The molecule has 0 spiro atoms. The lowest BCUT2D eigenvalue weighted by Gasteiger charge is -2.19. The lowest BCUT2D eigenvalue weighted by molar-refractivity contribution is 0.760. The number of nitrogen functional groups attached to an aromatic ring is 1. The third-order valence-electron chi connectivity index (χ3n) is 5.75. The Hall–Kier alpha value is -3.47. The monoisotopic (exact) mass is 411 g/mol. The Bertz CT molecular complexity index is 1150. The zero-order chi connectivity index (χ0) is 22.0. The molecule has 2 aromatic carbocycles. The molecule has 31 heavy (non-hydrogen) atoms. The molecule has 0 saturated heterocycles. The molecule has 0 fully saturated rings. The van der Waals surface area contributed by atoms with E-state index >= 15 is 0 Å². The lowest BCUT2D eigenvalue weighted by atomic mass is 9.87. The van der Waals surface area contributed by atoms with Gasteiger partial charge in [-0.3, -0.25) is 5.10 Å². The minimum Gasteiger partial charge on any atom is -0.384 e. The van der Waals surface area contributed by atoms with Gasteiger partial charge in [0.05, 0.1) is 11.9 Å². The van der Waals surface area contributed by atoms with Gasteiger partial charge in [0.2, 0.25) is 0 Å². The van der Waals surface area contributed by atoms with E-state index in [1.807, 2.05) is 26.1 Å². The first-order chi connectivity index (χ1) is 14.9. The Balaban J connectivity index is 1.76. The topological polar surface area (TPSA) is 80.5 Å². The van der Waals surface area contributed by atoms with Crippen molar-refractivity contribution < 1.29 is 0 Å². The fourth-order valence-electron chi connectivity index (χ4n) is 4.03. The highest BCUT2D eigenvalue weighted by Gasteiger charge is 2.19. The Kier molecular flexibility index (Phi) is 5.85. The average molecular weight is 412 g/mol. The molecule has 0 saturated carbocycles. The number of aromatic nitrogens is 4. The highest BCUT2D eigenvalue weighted by Crippen LogP contribution is 2.32. The van der Waals surface area contributed by atoms with Gasteiger partial charge >= 0.3 is 0 Å². The summed E-state index contributed by atoms with van der Waals surface area (Å²) in [5, 5.41) is 7.21. The minimum absolute atomic E-state index is 0.0704. The molecule has 1 atom stereocenters. The molecule has 2 aromatic heterocycles. The molecule has 5 nitrogen and oxygen atoms in total. The summed E-state index contributed by atoms with van der Waals surface area (Å²) in [5.74, 6) is 1.78. The summed E-state index contributed by atoms with van der Waals surface area (Å²) in [7, 11) is 0. The van der Waals surface area contributed by atoms with Gasteiger partial charge in [-0.05, 0) is 48.4 Å². The number of hydrogen-bond donors (Lipinski definition) is 2. The smallest absolute Gasteiger partial charge is 0.127 e. The third kappa shape index (κ3) is 4.66. The zero-order valence-corrected chi connectivity index (χ0v) is 18.6. The maximum Gasteiger partial charge on any atom is 0.127 e. The zero-order valence-electron chi connectivity index (χ0n) is 18.6. The van der Waals surface area contributed by atoms with Crippen LogP contribution in [-0.2, 0) is 6.42 Å². The van der Waals surface area contributed by atoms with Gasteiger partial charge in [0.15, 0.2) is 0 Å². The number of nitrogens with zero attached hydrogens (tertiary/aromatic N) is 3. The van der Waals surface area contributed by atoms with E-state index in [0.717, 1.165) is 28.9 Å². The van der Waals surface area contributed by atoms with E-state index in [2.05, 4.69) is 77.6 Å². The number of benzene rings is 2. The summed E-state index contributed by atoms with van der Waals surface area (Å²) in [4.78, 5) is 9.03. The van der Waals surface area contributed by atoms with Crippen molar-refractivity contribution in [3.05, 3.63) is 94.7 Å². The van der Waals surface area contributed by atoms with Crippen LogP contribution in [0.5, 0.6) is 0 Å². The van der Waals surface area contributed by atoms with Gasteiger partial charge in [0.1, 0.15) is 11.6 Å². The van der Waals surface area contributed by atoms with Crippen LogP contribution in [0.1, 0.15) is 59.6 Å². The van der Waals surface area contributed by atoms with Gasteiger partial charge in [-0.1, -0.05) is 62.4 Å². The van der Waals surface area contributed by atoms with E-state index in [4.69, 9.17) is 10.7 Å². The number of H-pyrrole nitrogens is 1. The Morgan fingerprint density at radius 1 is 0.935 bits per heavy atom. The van der Waals surface area contributed by atoms with Crippen molar-refractivity contribution >= 4 is 5.82 Å². The molecule has 0 amide bonds. The fraction of sp³-hybridized carbons (Fsp3) is 0.269. The first kappa shape index (κ1) is 20.8. The molecule has 1 unspecified atom stereocenters. The van der Waals surface area contributed by atoms with E-state index in [1.165, 1.54) is 16.7 Å². The van der Waals surface area contributed by atoms with Crippen LogP contribution < -0.4 is 5.73 Å². The van der Waals surface area contributed by atoms with Gasteiger partial charge in [0, 0.05) is 23.2 Å². The molecule has 5 heteroatoms. The van der Waals surface area contributed by atoms with E-state index in [1.54, 1.807) is 0 Å². The number of hydrogen-bond acceptors (Lipinski definition) is 4. The van der Waals surface area contributed by atoms with Crippen molar-refractivity contribution in [2.45, 2.75) is 46.0 Å². The largest absolute Gasteiger partial charge is 0.384 e. The standard InChI is InChI=1S/C26H29N5/c1-16(2)20-10-8-19(9-11-20)12-23(25-14-26(27)30-18(4)29-25)21-6-5-7-22(13-21)24-15-28-31-17(24)3/h5-11,13-16,23H,12H2,1-4H3,(H,28,31)(H2,27,29,30). The van der Waals surface area contributed by atoms with E-state index in [-0.39, 0.29) is 5.92 Å². The second-order valence-electron chi connectivity index (χ2n) is 8.45. The molecule has 2 heterocycles.